The van der Waals surface area contributed by atoms with E-state index in [1.165, 1.54) is 15.6 Å². The zero-order valence-electron chi connectivity index (χ0n) is 15.2. The first-order chi connectivity index (χ1) is 12.3. The molecule has 1 aromatic heterocycles. The number of nitrogens with one attached hydrogen (secondary N) is 2. The zero-order chi connectivity index (χ0) is 18.8. The second kappa shape index (κ2) is 7.48. The summed E-state index contributed by atoms with van der Waals surface area (Å²) in [6, 6.07) is 15.5. The van der Waals surface area contributed by atoms with Crippen molar-refractivity contribution in [3.05, 3.63) is 65.0 Å². The monoisotopic (exact) mass is 388 g/mol. The van der Waals surface area contributed by atoms with Crippen LogP contribution in [0.4, 0.5) is 0 Å². The van der Waals surface area contributed by atoms with Crippen LogP contribution < -0.4 is 10.0 Å². The Hall–Kier alpha value is -1.73. The summed E-state index contributed by atoms with van der Waals surface area (Å²) in [7, 11) is -3.56. The quantitative estimate of drug-likeness (QED) is 0.663. The normalized spacial score (nSPS) is 12.6. The number of thiophene rings is 1. The van der Waals surface area contributed by atoms with Crippen LogP contribution in [0.2, 0.25) is 0 Å². The predicted octanol–water partition coefficient (Wildman–Crippen LogP) is 4.27. The third kappa shape index (κ3) is 4.51. The lowest BCUT2D eigenvalue weighted by Crippen LogP contribution is -2.40. The molecule has 0 atom stereocenters. The maximum absolute atomic E-state index is 12.7. The Morgan fingerprint density at radius 1 is 0.923 bits per heavy atom. The van der Waals surface area contributed by atoms with Gasteiger partial charge in [0.15, 0.2) is 0 Å². The summed E-state index contributed by atoms with van der Waals surface area (Å²) in [4.78, 5) is 0.331. The van der Waals surface area contributed by atoms with Crippen molar-refractivity contribution in [2.45, 2.75) is 44.3 Å². The maximum Gasteiger partial charge on any atom is 0.241 e. The smallest absolute Gasteiger partial charge is 0.241 e. The molecule has 0 fully saturated rings. The van der Waals surface area contributed by atoms with Gasteiger partial charge in [0.05, 0.1) is 4.90 Å². The Balaban J connectivity index is 1.75. The number of hydrogen-bond donors (Lipinski definition) is 2. The molecule has 0 bridgehead atoms. The summed E-state index contributed by atoms with van der Waals surface area (Å²) < 4.78 is 29.4. The van der Waals surface area contributed by atoms with Gasteiger partial charge < -0.3 is 5.32 Å². The highest BCUT2D eigenvalue weighted by Gasteiger charge is 2.24. The van der Waals surface area contributed by atoms with Gasteiger partial charge in [0.25, 0.3) is 0 Å². The molecular weight excluding hydrogens is 364 g/mol. The second-order valence-electron chi connectivity index (χ2n) is 7.32. The van der Waals surface area contributed by atoms with Crippen molar-refractivity contribution >= 4 is 31.4 Å². The van der Waals surface area contributed by atoms with Crippen molar-refractivity contribution in [2.75, 3.05) is 0 Å². The fourth-order valence-electron chi connectivity index (χ4n) is 2.87. The van der Waals surface area contributed by atoms with E-state index in [0.29, 0.717) is 18.0 Å². The Morgan fingerprint density at radius 2 is 1.58 bits per heavy atom. The van der Waals surface area contributed by atoms with Crippen LogP contribution in [0.15, 0.2) is 58.8 Å². The molecule has 0 unspecified atom stereocenters. The molecule has 0 spiro atoms. The summed E-state index contributed by atoms with van der Waals surface area (Å²) in [5.74, 6) is 0. The van der Waals surface area contributed by atoms with E-state index < -0.39 is 15.6 Å². The number of hydrogen-bond acceptors (Lipinski definition) is 4. The van der Waals surface area contributed by atoms with Crippen molar-refractivity contribution in [3.8, 4) is 0 Å². The lowest BCUT2D eigenvalue weighted by atomic mass is 10.1. The number of benzene rings is 2. The lowest BCUT2D eigenvalue weighted by Gasteiger charge is -2.21. The van der Waals surface area contributed by atoms with Gasteiger partial charge in [0.1, 0.15) is 0 Å². The molecule has 0 aliphatic rings. The van der Waals surface area contributed by atoms with Crippen LogP contribution in [0.25, 0.3) is 10.1 Å². The van der Waals surface area contributed by atoms with E-state index in [9.17, 15) is 8.42 Å². The summed E-state index contributed by atoms with van der Waals surface area (Å²) >= 11 is 1.73. The fourth-order valence-corrected chi connectivity index (χ4v) is 5.49. The summed E-state index contributed by atoms with van der Waals surface area (Å²) in [5, 5.41) is 6.79. The first-order valence-electron chi connectivity index (χ1n) is 8.54. The van der Waals surface area contributed by atoms with Crippen molar-refractivity contribution in [1.29, 1.82) is 0 Å². The Kier molecular flexibility index (Phi) is 5.48. The molecule has 0 saturated heterocycles. The third-order valence-electron chi connectivity index (χ3n) is 3.89. The van der Waals surface area contributed by atoms with Crippen molar-refractivity contribution in [1.82, 2.24) is 10.0 Å². The summed E-state index contributed by atoms with van der Waals surface area (Å²) in [6.45, 7) is 6.71. The van der Waals surface area contributed by atoms with Crippen LogP contribution in [-0.2, 0) is 23.1 Å². The zero-order valence-corrected chi connectivity index (χ0v) is 16.9. The van der Waals surface area contributed by atoms with E-state index in [0.717, 1.165) is 5.56 Å². The third-order valence-corrected chi connectivity index (χ3v) is 6.77. The molecule has 138 valence electrons. The first kappa shape index (κ1) is 19.0. The van der Waals surface area contributed by atoms with Gasteiger partial charge in [0, 0.05) is 23.3 Å². The molecule has 0 saturated carbocycles. The van der Waals surface area contributed by atoms with Crippen LogP contribution in [-0.4, -0.2) is 14.0 Å². The first-order valence-corrected chi connectivity index (χ1v) is 10.9. The van der Waals surface area contributed by atoms with Crippen LogP contribution in [0.1, 0.15) is 31.9 Å². The van der Waals surface area contributed by atoms with Crippen LogP contribution >= 0.6 is 11.3 Å². The second-order valence-corrected chi connectivity index (χ2v) is 9.89. The van der Waals surface area contributed by atoms with Crippen molar-refractivity contribution < 1.29 is 8.42 Å². The number of sulfonamides is 1. The van der Waals surface area contributed by atoms with Crippen LogP contribution in [0.3, 0.4) is 0 Å². The van der Waals surface area contributed by atoms with Gasteiger partial charge in [-0.05, 0) is 54.8 Å². The molecule has 2 N–H and O–H groups in total. The number of rotatable bonds is 6. The van der Waals surface area contributed by atoms with E-state index in [1.54, 1.807) is 23.5 Å². The average Bonchev–Trinajstić information content (AvgIpc) is 2.96. The van der Waals surface area contributed by atoms with E-state index in [2.05, 4.69) is 27.6 Å². The molecule has 0 radical (unpaired) electrons. The van der Waals surface area contributed by atoms with Crippen LogP contribution in [0.5, 0.6) is 0 Å². The van der Waals surface area contributed by atoms with Gasteiger partial charge in [-0.2, -0.15) is 0 Å². The minimum Gasteiger partial charge on any atom is -0.309 e. The maximum atomic E-state index is 12.7. The van der Waals surface area contributed by atoms with Gasteiger partial charge in [-0.3, -0.25) is 0 Å². The molecule has 4 nitrogen and oxygen atoms in total. The SMILES string of the molecule is CC(C)(C)NS(=O)(=O)c1ccccc1CNCc1csc2ccccc12. The molecule has 2 aromatic carbocycles. The Morgan fingerprint density at radius 3 is 2.35 bits per heavy atom. The van der Waals surface area contributed by atoms with E-state index in [1.807, 2.05) is 45.0 Å². The Bertz CT molecular complexity index is 1000. The van der Waals surface area contributed by atoms with E-state index in [4.69, 9.17) is 0 Å². The number of fused-ring (bicyclic) bond motifs is 1. The van der Waals surface area contributed by atoms with Gasteiger partial charge in [0.2, 0.25) is 10.0 Å². The van der Waals surface area contributed by atoms with Gasteiger partial charge in [-0.25, -0.2) is 13.1 Å². The molecule has 3 aromatic rings. The van der Waals surface area contributed by atoms with Gasteiger partial charge >= 0.3 is 0 Å². The highest BCUT2D eigenvalue weighted by molar-refractivity contribution is 7.89. The Labute approximate surface area is 159 Å². The topological polar surface area (TPSA) is 58.2 Å². The molecule has 3 rings (SSSR count). The van der Waals surface area contributed by atoms with E-state index in [-0.39, 0.29) is 0 Å². The molecule has 26 heavy (non-hydrogen) atoms. The highest BCUT2D eigenvalue weighted by Crippen LogP contribution is 2.25. The molecule has 0 aliphatic carbocycles. The molecule has 1 heterocycles. The average molecular weight is 389 g/mol. The minimum atomic E-state index is -3.56. The molecule has 0 aliphatic heterocycles. The summed E-state index contributed by atoms with van der Waals surface area (Å²) in [5.41, 5.74) is 1.48. The fraction of sp³-hybridized carbons (Fsp3) is 0.300. The van der Waals surface area contributed by atoms with Gasteiger partial charge in [-0.1, -0.05) is 36.4 Å². The van der Waals surface area contributed by atoms with E-state index >= 15 is 0 Å². The van der Waals surface area contributed by atoms with Crippen LogP contribution in [0, 0.1) is 0 Å². The minimum absolute atomic E-state index is 0.331. The van der Waals surface area contributed by atoms with Gasteiger partial charge in [-0.15, -0.1) is 11.3 Å². The largest absolute Gasteiger partial charge is 0.309 e. The summed E-state index contributed by atoms with van der Waals surface area (Å²) in [6.07, 6.45) is 0. The predicted molar refractivity (Wildman–Crippen MR) is 109 cm³/mol. The van der Waals surface area contributed by atoms with Crippen molar-refractivity contribution in [3.63, 3.8) is 0 Å². The molecular formula is C20H24N2O2S2. The van der Waals surface area contributed by atoms with Crippen molar-refractivity contribution in [2.24, 2.45) is 0 Å². The lowest BCUT2D eigenvalue weighted by molar-refractivity contribution is 0.490. The molecule has 0 amide bonds. The molecule has 6 heteroatoms. The highest BCUT2D eigenvalue weighted by atomic mass is 32.2. The standard InChI is InChI=1S/C20H24N2O2S2/c1-20(2,3)22-26(23,24)19-11-7-4-8-15(19)12-21-13-16-14-25-18-10-6-5-9-17(16)18/h4-11,14,21-22H,12-13H2,1-3H3.